The Hall–Kier alpha value is -1.62. The van der Waals surface area contributed by atoms with E-state index >= 15 is 0 Å². The topological polar surface area (TPSA) is 66.5 Å². The predicted molar refractivity (Wildman–Crippen MR) is 79.6 cm³/mol. The van der Waals surface area contributed by atoms with Crippen LogP contribution < -0.4 is 5.32 Å². The number of H-pyrrole nitrogens is 1. The smallest absolute Gasteiger partial charge is 0.224 e. The maximum absolute atomic E-state index is 5.91. The zero-order valence-corrected chi connectivity index (χ0v) is 12.6. The third-order valence-electron chi connectivity index (χ3n) is 3.43. The third kappa shape index (κ3) is 2.77. The molecule has 1 fully saturated rings. The van der Waals surface area contributed by atoms with Gasteiger partial charge in [-0.15, -0.1) is 0 Å². The summed E-state index contributed by atoms with van der Waals surface area (Å²) in [5, 5.41) is 10.8. The fraction of sp³-hybridized carbons (Fsp3) is 0.500. The SMILES string of the molecule is CC(C)(C)c1cnc(Cl)nc1Nc1cc(C2CC2)[nH]n1. The van der Waals surface area contributed by atoms with Crippen molar-refractivity contribution in [3.05, 3.63) is 28.8 Å². The molecule has 5 nitrogen and oxygen atoms in total. The molecule has 0 radical (unpaired) electrons. The lowest BCUT2D eigenvalue weighted by Gasteiger charge is -2.21. The second kappa shape index (κ2) is 4.74. The van der Waals surface area contributed by atoms with Crippen LogP contribution >= 0.6 is 11.6 Å². The minimum Gasteiger partial charge on any atom is -0.323 e. The van der Waals surface area contributed by atoms with Gasteiger partial charge in [-0.05, 0) is 29.9 Å². The lowest BCUT2D eigenvalue weighted by atomic mass is 9.88. The van der Waals surface area contributed by atoms with E-state index in [0.29, 0.717) is 11.7 Å². The van der Waals surface area contributed by atoms with Gasteiger partial charge in [-0.1, -0.05) is 20.8 Å². The molecule has 20 heavy (non-hydrogen) atoms. The average Bonchev–Trinajstić information content (AvgIpc) is 3.09. The summed E-state index contributed by atoms with van der Waals surface area (Å²) in [6.07, 6.45) is 4.26. The van der Waals surface area contributed by atoms with E-state index in [9.17, 15) is 0 Å². The maximum atomic E-state index is 5.91. The Morgan fingerprint density at radius 1 is 1.35 bits per heavy atom. The van der Waals surface area contributed by atoms with Crippen molar-refractivity contribution in [2.45, 2.75) is 44.9 Å². The first-order chi connectivity index (χ1) is 9.43. The van der Waals surface area contributed by atoms with Gasteiger partial charge in [0.25, 0.3) is 0 Å². The highest BCUT2D eigenvalue weighted by Crippen LogP contribution is 2.40. The van der Waals surface area contributed by atoms with Crippen LogP contribution in [-0.2, 0) is 5.41 Å². The van der Waals surface area contributed by atoms with Gasteiger partial charge in [-0.3, -0.25) is 5.10 Å². The first kappa shape index (κ1) is 13.4. The molecule has 3 rings (SSSR count). The Morgan fingerprint density at radius 3 is 2.75 bits per heavy atom. The summed E-state index contributed by atoms with van der Waals surface area (Å²) in [4.78, 5) is 8.37. The van der Waals surface area contributed by atoms with Crippen molar-refractivity contribution in [1.82, 2.24) is 20.2 Å². The van der Waals surface area contributed by atoms with Crippen LogP contribution in [-0.4, -0.2) is 20.2 Å². The zero-order valence-electron chi connectivity index (χ0n) is 11.9. The van der Waals surface area contributed by atoms with Crippen LogP contribution in [0, 0.1) is 0 Å². The minimum absolute atomic E-state index is 0.0669. The van der Waals surface area contributed by atoms with E-state index in [1.54, 1.807) is 6.20 Å². The van der Waals surface area contributed by atoms with E-state index in [1.165, 1.54) is 18.5 Å². The van der Waals surface area contributed by atoms with Gasteiger partial charge in [-0.2, -0.15) is 5.10 Å². The zero-order chi connectivity index (χ0) is 14.3. The molecule has 0 saturated heterocycles. The average molecular weight is 292 g/mol. The Morgan fingerprint density at radius 2 is 2.10 bits per heavy atom. The maximum Gasteiger partial charge on any atom is 0.224 e. The van der Waals surface area contributed by atoms with Crippen LogP contribution in [0.3, 0.4) is 0 Å². The number of nitrogens with one attached hydrogen (secondary N) is 2. The summed E-state index contributed by atoms with van der Waals surface area (Å²) >= 11 is 5.91. The second-order valence-electron chi connectivity index (χ2n) is 6.26. The van der Waals surface area contributed by atoms with Gasteiger partial charge < -0.3 is 5.32 Å². The number of hydrogen-bond acceptors (Lipinski definition) is 4. The summed E-state index contributed by atoms with van der Waals surface area (Å²) in [5.41, 5.74) is 2.13. The van der Waals surface area contributed by atoms with Crippen LogP contribution in [0.1, 0.15) is 50.8 Å². The van der Waals surface area contributed by atoms with Gasteiger partial charge in [0.1, 0.15) is 5.82 Å². The minimum atomic E-state index is -0.0669. The molecule has 2 N–H and O–H groups in total. The Labute approximate surface area is 123 Å². The highest BCUT2D eigenvalue weighted by Gasteiger charge is 2.26. The normalized spacial score (nSPS) is 15.4. The van der Waals surface area contributed by atoms with Gasteiger partial charge in [-0.25, -0.2) is 9.97 Å². The molecule has 0 atom stereocenters. The van der Waals surface area contributed by atoms with Crippen molar-refractivity contribution in [3.63, 3.8) is 0 Å². The molecule has 6 heteroatoms. The van der Waals surface area contributed by atoms with Crippen molar-refractivity contribution >= 4 is 23.2 Å². The van der Waals surface area contributed by atoms with Crippen molar-refractivity contribution in [2.24, 2.45) is 0 Å². The highest BCUT2D eigenvalue weighted by atomic mass is 35.5. The second-order valence-corrected chi connectivity index (χ2v) is 6.60. The van der Waals surface area contributed by atoms with Gasteiger partial charge in [0.2, 0.25) is 5.28 Å². The molecule has 1 aliphatic rings. The van der Waals surface area contributed by atoms with E-state index in [4.69, 9.17) is 11.6 Å². The largest absolute Gasteiger partial charge is 0.323 e. The van der Waals surface area contributed by atoms with E-state index in [0.717, 1.165) is 11.4 Å². The molecule has 2 aromatic rings. The van der Waals surface area contributed by atoms with Gasteiger partial charge in [0.05, 0.1) is 0 Å². The van der Waals surface area contributed by atoms with Crippen LogP contribution in [0.25, 0.3) is 0 Å². The molecule has 1 aliphatic carbocycles. The van der Waals surface area contributed by atoms with Crippen LogP contribution in [0.5, 0.6) is 0 Å². The number of nitrogens with zero attached hydrogens (tertiary/aromatic N) is 3. The Kier molecular flexibility index (Phi) is 3.17. The molecule has 0 spiro atoms. The fourth-order valence-electron chi connectivity index (χ4n) is 2.13. The van der Waals surface area contributed by atoms with Crippen LogP contribution in [0.15, 0.2) is 12.3 Å². The summed E-state index contributed by atoms with van der Waals surface area (Å²) in [6.45, 7) is 6.35. The molecule has 0 aliphatic heterocycles. The molecule has 0 bridgehead atoms. The van der Waals surface area contributed by atoms with Crippen molar-refractivity contribution in [3.8, 4) is 0 Å². The molecule has 1 saturated carbocycles. The first-order valence-electron chi connectivity index (χ1n) is 6.79. The van der Waals surface area contributed by atoms with Gasteiger partial charge in [0, 0.05) is 29.4 Å². The lowest BCUT2D eigenvalue weighted by molar-refractivity contribution is 0.586. The molecule has 106 valence electrons. The molecule has 2 heterocycles. The van der Waals surface area contributed by atoms with Crippen LogP contribution in [0.2, 0.25) is 5.28 Å². The number of rotatable bonds is 3. The van der Waals surface area contributed by atoms with E-state index in [-0.39, 0.29) is 10.7 Å². The standard InChI is InChI=1S/C14H18ClN5/c1-14(2,3)9-7-16-13(15)18-12(9)17-11-6-10(19-20-11)8-4-5-8/h6-8H,4-5H2,1-3H3,(H2,16,17,18,19,20). The third-order valence-corrected chi connectivity index (χ3v) is 3.61. The first-order valence-corrected chi connectivity index (χ1v) is 7.16. The molecule has 0 amide bonds. The monoisotopic (exact) mass is 291 g/mol. The van der Waals surface area contributed by atoms with E-state index in [2.05, 4.69) is 46.3 Å². The predicted octanol–water partition coefficient (Wildman–Crippen LogP) is 3.77. The number of aromatic nitrogens is 4. The highest BCUT2D eigenvalue weighted by molar-refractivity contribution is 6.28. The molecule has 0 unspecified atom stereocenters. The Bertz CT molecular complexity index is 625. The number of halogens is 1. The lowest BCUT2D eigenvalue weighted by Crippen LogP contribution is -2.15. The van der Waals surface area contributed by atoms with Gasteiger partial charge in [0.15, 0.2) is 5.82 Å². The molecule has 2 aromatic heterocycles. The van der Waals surface area contributed by atoms with E-state index < -0.39 is 0 Å². The van der Waals surface area contributed by atoms with Crippen molar-refractivity contribution in [2.75, 3.05) is 5.32 Å². The summed E-state index contributed by atoms with van der Waals surface area (Å²) < 4.78 is 0. The quantitative estimate of drug-likeness (QED) is 0.845. The van der Waals surface area contributed by atoms with E-state index in [1.807, 2.05) is 6.07 Å². The summed E-state index contributed by atoms with van der Waals surface area (Å²) in [7, 11) is 0. The molecular weight excluding hydrogens is 274 g/mol. The molecule has 0 aromatic carbocycles. The Balaban J connectivity index is 1.90. The number of aromatic amines is 1. The fourth-order valence-corrected chi connectivity index (χ4v) is 2.26. The van der Waals surface area contributed by atoms with Gasteiger partial charge >= 0.3 is 0 Å². The molecular formula is C14H18ClN5. The van der Waals surface area contributed by atoms with Crippen molar-refractivity contribution in [1.29, 1.82) is 0 Å². The summed E-state index contributed by atoms with van der Waals surface area (Å²) in [5.74, 6) is 2.13. The number of anilines is 2. The van der Waals surface area contributed by atoms with Crippen LogP contribution in [0.4, 0.5) is 11.6 Å². The number of hydrogen-bond donors (Lipinski definition) is 2. The summed E-state index contributed by atoms with van der Waals surface area (Å²) in [6, 6.07) is 2.04. The van der Waals surface area contributed by atoms with Crippen molar-refractivity contribution < 1.29 is 0 Å².